The number of ether oxygens (including phenoxy) is 1. The number of aromatic nitrogens is 2. The average molecular weight is 629 g/mol. The molecule has 1 spiro atoms. The fourth-order valence-corrected chi connectivity index (χ4v) is 6.39. The largest absolute Gasteiger partial charge is 0.371 e. The molecule has 11 nitrogen and oxygen atoms in total. The van der Waals surface area contributed by atoms with Crippen LogP contribution in [0.15, 0.2) is 73.1 Å². The Labute approximate surface area is 270 Å². The quantitative estimate of drug-likeness (QED) is 0.318. The first-order valence-electron chi connectivity index (χ1n) is 15.9. The minimum Gasteiger partial charge on any atom is -0.371 e. The summed E-state index contributed by atoms with van der Waals surface area (Å²) in [6.45, 7) is 7.80. The van der Waals surface area contributed by atoms with Crippen LogP contribution in [0.25, 0.3) is 0 Å². The minimum atomic E-state index is -0.946. The van der Waals surface area contributed by atoms with E-state index in [1.165, 1.54) is 7.05 Å². The maximum atomic E-state index is 14.0. The van der Waals surface area contributed by atoms with Gasteiger partial charge in [0, 0.05) is 51.3 Å². The molecule has 0 saturated carbocycles. The van der Waals surface area contributed by atoms with Crippen LogP contribution in [-0.4, -0.2) is 88.6 Å². The van der Waals surface area contributed by atoms with E-state index in [1.807, 2.05) is 74.5 Å². The van der Waals surface area contributed by atoms with Crippen LogP contribution >= 0.6 is 0 Å². The molecule has 2 saturated heterocycles. The fourth-order valence-electron chi connectivity index (χ4n) is 6.39. The Bertz CT molecular complexity index is 1520. The molecule has 11 heteroatoms. The number of carbonyl (C=O) groups excluding carboxylic acids is 4. The summed E-state index contributed by atoms with van der Waals surface area (Å²) in [5, 5.41) is 9.98. The van der Waals surface area contributed by atoms with Crippen LogP contribution in [0.4, 0.5) is 0 Å². The van der Waals surface area contributed by atoms with Crippen molar-refractivity contribution in [1.82, 2.24) is 30.2 Å². The van der Waals surface area contributed by atoms with Crippen molar-refractivity contribution in [2.75, 3.05) is 33.2 Å². The molecule has 0 radical (unpaired) electrons. The summed E-state index contributed by atoms with van der Waals surface area (Å²) in [5.74, 6) is -1.30. The van der Waals surface area contributed by atoms with Gasteiger partial charge >= 0.3 is 0 Å². The number of likely N-dealkylation sites (N-methyl/N-ethyl adjacent to an activating group) is 1. The van der Waals surface area contributed by atoms with Crippen molar-refractivity contribution in [3.05, 3.63) is 89.7 Å². The lowest BCUT2D eigenvalue weighted by Crippen LogP contribution is -2.65. The molecule has 3 atom stereocenters. The SMILES string of the molecule is CNC(=O)[C@@H](NC(=O)[C@H]1CN(C(=O)c2cnn(Cc3ccccc3)c2)CC12CN(C(=O)CC(C)C)C2)[C@@H](C)OCc1ccccc1. The highest BCUT2D eigenvalue weighted by Gasteiger charge is 2.59. The summed E-state index contributed by atoms with van der Waals surface area (Å²) in [5.41, 5.74) is 1.83. The summed E-state index contributed by atoms with van der Waals surface area (Å²) in [6, 6.07) is 18.5. The molecule has 2 aromatic carbocycles. The van der Waals surface area contributed by atoms with Crippen molar-refractivity contribution >= 4 is 23.6 Å². The number of amides is 4. The van der Waals surface area contributed by atoms with Gasteiger partial charge in [0.15, 0.2) is 0 Å². The van der Waals surface area contributed by atoms with E-state index in [-0.39, 0.29) is 42.7 Å². The van der Waals surface area contributed by atoms with Crippen LogP contribution in [0.2, 0.25) is 0 Å². The summed E-state index contributed by atoms with van der Waals surface area (Å²) in [6.07, 6.45) is 3.07. The van der Waals surface area contributed by atoms with E-state index in [9.17, 15) is 19.2 Å². The van der Waals surface area contributed by atoms with Gasteiger partial charge < -0.3 is 25.2 Å². The molecule has 0 bridgehead atoms. The lowest BCUT2D eigenvalue weighted by atomic mass is 9.70. The molecular weight excluding hydrogens is 584 g/mol. The number of nitrogens with zero attached hydrogens (tertiary/aromatic N) is 4. The van der Waals surface area contributed by atoms with Crippen LogP contribution in [0.1, 0.15) is 48.7 Å². The highest BCUT2D eigenvalue weighted by atomic mass is 16.5. The summed E-state index contributed by atoms with van der Waals surface area (Å²) in [7, 11) is 1.52. The molecule has 0 unspecified atom stereocenters. The first-order chi connectivity index (χ1) is 22.1. The number of carbonyl (C=O) groups is 4. The number of likely N-dealkylation sites (tertiary alicyclic amines) is 2. The van der Waals surface area contributed by atoms with Crippen molar-refractivity contribution in [2.24, 2.45) is 17.3 Å². The second-order valence-electron chi connectivity index (χ2n) is 13.0. The summed E-state index contributed by atoms with van der Waals surface area (Å²) < 4.78 is 7.74. The first kappa shape index (κ1) is 32.9. The van der Waals surface area contributed by atoms with Gasteiger partial charge in [0.25, 0.3) is 5.91 Å². The topological polar surface area (TPSA) is 126 Å². The molecule has 0 aliphatic carbocycles. The Morgan fingerprint density at radius 3 is 2.20 bits per heavy atom. The van der Waals surface area contributed by atoms with E-state index in [1.54, 1.807) is 33.8 Å². The minimum absolute atomic E-state index is 0.0397. The smallest absolute Gasteiger partial charge is 0.257 e. The highest BCUT2D eigenvalue weighted by molar-refractivity contribution is 5.95. The van der Waals surface area contributed by atoms with E-state index in [2.05, 4.69) is 15.7 Å². The second-order valence-corrected chi connectivity index (χ2v) is 13.0. The van der Waals surface area contributed by atoms with Crippen molar-refractivity contribution < 1.29 is 23.9 Å². The van der Waals surface area contributed by atoms with Crippen LogP contribution < -0.4 is 10.6 Å². The number of hydrogen-bond donors (Lipinski definition) is 2. The zero-order valence-electron chi connectivity index (χ0n) is 27.0. The van der Waals surface area contributed by atoms with Crippen LogP contribution in [-0.2, 0) is 32.3 Å². The third kappa shape index (κ3) is 7.47. The highest BCUT2D eigenvalue weighted by Crippen LogP contribution is 2.45. The van der Waals surface area contributed by atoms with Gasteiger partial charge in [0.1, 0.15) is 6.04 Å². The average Bonchev–Trinajstić information content (AvgIpc) is 3.67. The Hall–Kier alpha value is -4.51. The van der Waals surface area contributed by atoms with E-state index in [0.717, 1.165) is 11.1 Å². The van der Waals surface area contributed by atoms with Gasteiger partial charge in [0.2, 0.25) is 17.7 Å². The Morgan fingerprint density at radius 2 is 1.57 bits per heavy atom. The van der Waals surface area contributed by atoms with Crippen LogP contribution in [0.5, 0.6) is 0 Å². The molecule has 2 aliphatic rings. The number of rotatable bonds is 12. The Balaban J connectivity index is 1.31. The molecule has 3 heterocycles. The number of nitrogens with one attached hydrogen (secondary N) is 2. The molecule has 2 N–H and O–H groups in total. The van der Waals surface area contributed by atoms with Gasteiger partial charge in [-0.15, -0.1) is 0 Å². The predicted molar refractivity (Wildman–Crippen MR) is 172 cm³/mol. The Morgan fingerprint density at radius 1 is 0.935 bits per heavy atom. The van der Waals surface area contributed by atoms with Gasteiger partial charge in [-0.25, -0.2) is 0 Å². The maximum Gasteiger partial charge on any atom is 0.257 e. The van der Waals surface area contributed by atoms with E-state index in [0.29, 0.717) is 38.2 Å². The summed E-state index contributed by atoms with van der Waals surface area (Å²) in [4.78, 5) is 57.1. The Kier molecular flexibility index (Phi) is 10.2. The molecule has 5 rings (SSSR count). The second kappa shape index (κ2) is 14.3. The predicted octanol–water partition coefficient (Wildman–Crippen LogP) is 2.71. The molecule has 2 aliphatic heterocycles. The van der Waals surface area contributed by atoms with Crippen molar-refractivity contribution in [1.29, 1.82) is 0 Å². The van der Waals surface area contributed by atoms with Crippen molar-refractivity contribution in [3.8, 4) is 0 Å². The third-order valence-electron chi connectivity index (χ3n) is 8.92. The zero-order valence-corrected chi connectivity index (χ0v) is 27.0. The van der Waals surface area contributed by atoms with Gasteiger partial charge in [-0.2, -0.15) is 5.10 Å². The van der Waals surface area contributed by atoms with Crippen molar-refractivity contribution in [3.63, 3.8) is 0 Å². The fraction of sp³-hybridized carbons (Fsp3) is 0.457. The van der Waals surface area contributed by atoms with Gasteiger partial charge in [0.05, 0.1) is 36.9 Å². The van der Waals surface area contributed by atoms with Gasteiger partial charge in [-0.3, -0.25) is 23.9 Å². The maximum absolute atomic E-state index is 14.0. The monoisotopic (exact) mass is 628 g/mol. The number of benzene rings is 2. The molecular formula is C35H44N6O5. The van der Waals surface area contributed by atoms with Crippen molar-refractivity contribution in [2.45, 2.75) is 52.5 Å². The summed E-state index contributed by atoms with van der Waals surface area (Å²) >= 11 is 0. The molecule has 2 fully saturated rings. The molecule has 1 aromatic heterocycles. The molecule has 244 valence electrons. The van der Waals surface area contributed by atoms with E-state index < -0.39 is 23.5 Å². The van der Waals surface area contributed by atoms with E-state index in [4.69, 9.17) is 4.74 Å². The lowest BCUT2D eigenvalue weighted by Gasteiger charge is -2.50. The lowest BCUT2D eigenvalue weighted by molar-refractivity contribution is -0.151. The first-order valence-corrected chi connectivity index (χ1v) is 15.9. The van der Waals surface area contributed by atoms with Crippen LogP contribution in [0, 0.1) is 17.3 Å². The van der Waals surface area contributed by atoms with Gasteiger partial charge in [-0.1, -0.05) is 74.5 Å². The van der Waals surface area contributed by atoms with Crippen LogP contribution in [0.3, 0.4) is 0 Å². The molecule has 3 aromatic rings. The standard InChI is InChI=1S/C35H44N6O5/c1-24(2)15-30(42)40-22-35(23-40)21-39(34(45)28-16-37-41(18-28)17-26-11-7-5-8-12-26)19-29(35)32(43)38-31(33(44)36-4)25(3)46-20-27-13-9-6-10-14-27/h5-14,16,18,24-25,29,31H,15,17,19-23H2,1-4H3,(H,36,44)(H,38,43)/t25-,29-,31+/m1/s1. The van der Waals surface area contributed by atoms with Gasteiger partial charge in [-0.05, 0) is 24.0 Å². The normalized spacial score (nSPS) is 18.2. The number of hydrogen-bond acceptors (Lipinski definition) is 6. The molecule has 4 amide bonds. The molecule has 46 heavy (non-hydrogen) atoms. The zero-order chi connectivity index (χ0) is 32.8. The van der Waals surface area contributed by atoms with E-state index >= 15 is 0 Å². The third-order valence-corrected chi connectivity index (χ3v) is 8.92.